The molecule has 0 amide bonds. The van der Waals surface area contributed by atoms with E-state index in [1.54, 1.807) is 7.11 Å². The number of rotatable bonds is 5. The maximum Gasteiger partial charge on any atom is 0.309 e. The SMILES string of the molecule is COc1ccc(COCC2C3COC(=O)C23)cc1. The van der Waals surface area contributed by atoms with E-state index in [4.69, 9.17) is 14.2 Å². The highest BCUT2D eigenvalue weighted by Crippen LogP contribution is 2.51. The van der Waals surface area contributed by atoms with Crippen molar-refractivity contribution in [3.05, 3.63) is 29.8 Å². The van der Waals surface area contributed by atoms with Gasteiger partial charge < -0.3 is 14.2 Å². The summed E-state index contributed by atoms with van der Waals surface area (Å²) in [4.78, 5) is 11.2. The lowest BCUT2D eigenvalue weighted by Gasteiger charge is -2.07. The third kappa shape index (κ3) is 2.08. The first kappa shape index (κ1) is 11.5. The van der Waals surface area contributed by atoms with Crippen molar-refractivity contribution in [1.82, 2.24) is 0 Å². The van der Waals surface area contributed by atoms with Gasteiger partial charge in [0.25, 0.3) is 0 Å². The van der Waals surface area contributed by atoms with E-state index in [1.807, 2.05) is 24.3 Å². The van der Waals surface area contributed by atoms with Crippen molar-refractivity contribution >= 4 is 5.97 Å². The van der Waals surface area contributed by atoms with Crippen molar-refractivity contribution in [2.75, 3.05) is 20.3 Å². The molecule has 1 saturated carbocycles. The first-order valence-electron chi connectivity index (χ1n) is 6.17. The van der Waals surface area contributed by atoms with Crippen LogP contribution < -0.4 is 4.74 Å². The Morgan fingerprint density at radius 3 is 2.72 bits per heavy atom. The summed E-state index contributed by atoms with van der Waals surface area (Å²) in [7, 11) is 1.65. The normalized spacial score (nSPS) is 28.7. The molecule has 4 nitrogen and oxygen atoms in total. The molecule has 0 bridgehead atoms. The molecule has 1 aromatic carbocycles. The second kappa shape index (κ2) is 4.61. The van der Waals surface area contributed by atoms with Gasteiger partial charge in [0.15, 0.2) is 0 Å². The summed E-state index contributed by atoms with van der Waals surface area (Å²) in [6, 6.07) is 7.81. The van der Waals surface area contributed by atoms with Crippen molar-refractivity contribution in [2.24, 2.45) is 17.8 Å². The second-order valence-electron chi connectivity index (χ2n) is 4.85. The predicted molar refractivity (Wildman–Crippen MR) is 64.1 cm³/mol. The fraction of sp³-hybridized carbons (Fsp3) is 0.500. The molecule has 1 heterocycles. The Labute approximate surface area is 106 Å². The molecule has 3 atom stereocenters. The average Bonchev–Trinajstić information content (AvgIpc) is 2.96. The molecule has 1 aromatic rings. The van der Waals surface area contributed by atoms with Crippen LogP contribution in [0.1, 0.15) is 5.56 Å². The van der Waals surface area contributed by atoms with E-state index in [0.717, 1.165) is 11.3 Å². The number of carbonyl (C=O) groups is 1. The van der Waals surface area contributed by atoms with Crippen LogP contribution in [0.15, 0.2) is 24.3 Å². The Hall–Kier alpha value is -1.55. The molecule has 0 N–H and O–H groups in total. The van der Waals surface area contributed by atoms with Gasteiger partial charge in [0.1, 0.15) is 5.75 Å². The van der Waals surface area contributed by atoms with Gasteiger partial charge in [-0.15, -0.1) is 0 Å². The molecular formula is C14H16O4. The maximum absolute atomic E-state index is 11.2. The Balaban J connectivity index is 1.44. The molecule has 0 spiro atoms. The van der Waals surface area contributed by atoms with Crippen LogP contribution in [-0.2, 0) is 20.9 Å². The number of methoxy groups -OCH3 is 1. The van der Waals surface area contributed by atoms with Gasteiger partial charge in [-0.2, -0.15) is 0 Å². The van der Waals surface area contributed by atoms with Crippen molar-refractivity contribution in [3.63, 3.8) is 0 Å². The van der Waals surface area contributed by atoms with Crippen molar-refractivity contribution in [2.45, 2.75) is 6.61 Å². The molecule has 2 fully saturated rings. The number of benzene rings is 1. The summed E-state index contributed by atoms with van der Waals surface area (Å²) in [5, 5.41) is 0. The summed E-state index contributed by atoms with van der Waals surface area (Å²) in [5.74, 6) is 1.70. The molecule has 0 aromatic heterocycles. The number of esters is 1. The van der Waals surface area contributed by atoms with E-state index in [1.165, 1.54) is 0 Å². The van der Waals surface area contributed by atoms with Crippen LogP contribution in [0.4, 0.5) is 0 Å². The second-order valence-corrected chi connectivity index (χ2v) is 4.85. The zero-order chi connectivity index (χ0) is 12.5. The minimum absolute atomic E-state index is 0.0435. The highest BCUT2D eigenvalue weighted by atomic mass is 16.5. The lowest BCUT2D eigenvalue weighted by Crippen LogP contribution is -2.09. The summed E-state index contributed by atoms with van der Waals surface area (Å²) < 4.78 is 15.7. The molecule has 2 aliphatic rings. The van der Waals surface area contributed by atoms with Gasteiger partial charge in [0.05, 0.1) is 32.8 Å². The number of hydrogen-bond donors (Lipinski definition) is 0. The van der Waals surface area contributed by atoms with E-state index in [2.05, 4.69) is 0 Å². The Bertz CT molecular complexity index is 440. The molecule has 3 rings (SSSR count). The maximum atomic E-state index is 11.2. The quantitative estimate of drug-likeness (QED) is 0.743. The van der Waals surface area contributed by atoms with E-state index in [9.17, 15) is 4.79 Å². The first-order chi connectivity index (χ1) is 8.79. The van der Waals surface area contributed by atoms with Crippen LogP contribution in [0.5, 0.6) is 5.75 Å². The van der Waals surface area contributed by atoms with Gasteiger partial charge in [-0.25, -0.2) is 0 Å². The molecule has 1 aliphatic heterocycles. The average molecular weight is 248 g/mol. The lowest BCUT2D eigenvalue weighted by atomic mass is 10.2. The topological polar surface area (TPSA) is 44.8 Å². The highest BCUT2D eigenvalue weighted by Gasteiger charge is 2.60. The largest absolute Gasteiger partial charge is 0.497 e. The van der Waals surface area contributed by atoms with Crippen molar-refractivity contribution in [3.8, 4) is 5.75 Å². The van der Waals surface area contributed by atoms with Crippen LogP contribution in [0.25, 0.3) is 0 Å². The van der Waals surface area contributed by atoms with Crippen LogP contribution in [0, 0.1) is 17.8 Å². The fourth-order valence-electron chi connectivity index (χ4n) is 2.56. The Morgan fingerprint density at radius 1 is 1.33 bits per heavy atom. The summed E-state index contributed by atoms with van der Waals surface area (Å²) in [6.07, 6.45) is 0. The van der Waals surface area contributed by atoms with E-state index >= 15 is 0 Å². The molecule has 18 heavy (non-hydrogen) atoms. The zero-order valence-electron chi connectivity index (χ0n) is 10.3. The number of fused-ring (bicyclic) bond motifs is 1. The third-order valence-corrected chi connectivity index (χ3v) is 3.76. The number of cyclic esters (lactones) is 1. The van der Waals surface area contributed by atoms with Gasteiger partial charge in [0.2, 0.25) is 0 Å². The third-order valence-electron chi connectivity index (χ3n) is 3.76. The van der Waals surface area contributed by atoms with Crippen LogP contribution in [0.3, 0.4) is 0 Å². The van der Waals surface area contributed by atoms with Crippen molar-refractivity contribution in [1.29, 1.82) is 0 Å². The smallest absolute Gasteiger partial charge is 0.309 e. The van der Waals surface area contributed by atoms with E-state index < -0.39 is 0 Å². The number of ether oxygens (including phenoxy) is 3. The van der Waals surface area contributed by atoms with Gasteiger partial charge in [-0.1, -0.05) is 12.1 Å². The minimum Gasteiger partial charge on any atom is -0.497 e. The zero-order valence-corrected chi connectivity index (χ0v) is 10.3. The van der Waals surface area contributed by atoms with E-state index in [0.29, 0.717) is 31.7 Å². The Kier molecular flexibility index (Phi) is 2.96. The highest BCUT2D eigenvalue weighted by molar-refractivity contribution is 5.79. The number of hydrogen-bond acceptors (Lipinski definition) is 4. The van der Waals surface area contributed by atoms with Crippen LogP contribution in [0.2, 0.25) is 0 Å². The minimum atomic E-state index is -0.0435. The van der Waals surface area contributed by atoms with Gasteiger partial charge in [0, 0.05) is 11.8 Å². The number of carbonyl (C=O) groups excluding carboxylic acids is 1. The van der Waals surface area contributed by atoms with Crippen LogP contribution in [-0.4, -0.2) is 26.3 Å². The van der Waals surface area contributed by atoms with Gasteiger partial charge >= 0.3 is 5.97 Å². The fourth-order valence-corrected chi connectivity index (χ4v) is 2.56. The van der Waals surface area contributed by atoms with Crippen molar-refractivity contribution < 1.29 is 19.0 Å². The molecule has 1 aliphatic carbocycles. The molecule has 4 heteroatoms. The lowest BCUT2D eigenvalue weighted by molar-refractivity contribution is -0.142. The molecule has 96 valence electrons. The van der Waals surface area contributed by atoms with E-state index in [-0.39, 0.29) is 11.9 Å². The molecule has 0 radical (unpaired) electrons. The van der Waals surface area contributed by atoms with Gasteiger partial charge in [-0.05, 0) is 17.7 Å². The standard InChI is InChI=1S/C14H16O4/c1-16-10-4-2-9(3-5-10)6-17-7-11-12-8-18-14(15)13(11)12/h2-5,11-13H,6-8H2,1H3. The van der Waals surface area contributed by atoms with Gasteiger partial charge in [-0.3, -0.25) is 4.79 Å². The molecule has 3 unspecified atom stereocenters. The van der Waals surface area contributed by atoms with Crippen LogP contribution >= 0.6 is 0 Å². The Morgan fingerprint density at radius 2 is 2.11 bits per heavy atom. The molecule has 1 saturated heterocycles. The monoisotopic (exact) mass is 248 g/mol. The summed E-state index contributed by atoms with van der Waals surface area (Å²) in [6.45, 7) is 1.81. The summed E-state index contributed by atoms with van der Waals surface area (Å²) in [5.41, 5.74) is 1.11. The molecular weight excluding hydrogens is 232 g/mol. The first-order valence-corrected chi connectivity index (χ1v) is 6.17. The summed E-state index contributed by atoms with van der Waals surface area (Å²) >= 11 is 0. The predicted octanol–water partition coefficient (Wildman–Crippen LogP) is 1.63.